The van der Waals surface area contributed by atoms with Gasteiger partial charge in [0.1, 0.15) is 5.75 Å². The lowest BCUT2D eigenvalue weighted by Gasteiger charge is -2.10. The molecule has 11 heteroatoms. The largest absolute Gasteiger partial charge is 0.497 e. The molecule has 1 aliphatic heterocycles. The number of aryl methyl sites for hydroxylation is 1. The Morgan fingerprint density at radius 2 is 2.06 bits per heavy atom. The molecule has 9 nitrogen and oxygen atoms in total. The Balaban J connectivity index is 1.51. The van der Waals surface area contributed by atoms with E-state index >= 15 is 0 Å². The van der Waals surface area contributed by atoms with Crippen LogP contribution in [0.3, 0.4) is 0 Å². The summed E-state index contributed by atoms with van der Waals surface area (Å²) >= 11 is 1.23. The number of hydrogen-bond acceptors (Lipinski definition) is 8. The molecule has 0 bridgehead atoms. The fourth-order valence-electron chi connectivity index (χ4n) is 3.35. The molecule has 4 rings (SSSR count). The molecule has 0 saturated carbocycles. The first-order valence-electron chi connectivity index (χ1n) is 9.74. The van der Waals surface area contributed by atoms with Crippen LogP contribution in [0.2, 0.25) is 0 Å². The lowest BCUT2D eigenvalue weighted by molar-refractivity contribution is 0.0743. The third-order valence-electron chi connectivity index (χ3n) is 4.98. The van der Waals surface area contributed by atoms with Crippen molar-refractivity contribution < 1.29 is 22.5 Å². The van der Waals surface area contributed by atoms with Crippen LogP contribution in [0.5, 0.6) is 5.75 Å². The molecule has 0 atom stereocenters. The number of likely N-dealkylation sites (tertiary alicyclic amines) is 1. The van der Waals surface area contributed by atoms with Crippen LogP contribution in [0.1, 0.15) is 34.0 Å². The minimum Gasteiger partial charge on any atom is -0.497 e. The van der Waals surface area contributed by atoms with Gasteiger partial charge < -0.3 is 14.2 Å². The number of rotatable bonds is 7. The van der Waals surface area contributed by atoms with E-state index in [2.05, 4.69) is 14.9 Å². The second-order valence-electron chi connectivity index (χ2n) is 7.13. The third kappa shape index (κ3) is 4.63. The highest BCUT2D eigenvalue weighted by molar-refractivity contribution is 7.89. The number of methoxy groups -OCH3 is 1. The van der Waals surface area contributed by atoms with E-state index in [4.69, 9.17) is 9.26 Å². The van der Waals surface area contributed by atoms with Crippen LogP contribution in [0.15, 0.2) is 39.8 Å². The second-order valence-corrected chi connectivity index (χ2v) is 10.1. The van der Waals surface area contributed by atoms with Gasteiger partial charge in [0.15, 0.2) is 0 Å². The van der Waals surface area contributed by atoms with Gasteiger partial charge in [-0.2, -0.15) is 4.98 Å². The maximum Gasteiger partial charge on any atom is 0.316 e. The zero-order valence-corrected chi connectivity index (χ0v) is 18.8. The Hall–Kier alpha value is -2.76. The summed E-state index contributed by atoms with van der Waals surface area (Å²) in [5.41, 5.74) is 0.777. The van der Waals surface area contributed by atoms with Crippen molar-refractivity contribution in [2.24, 2.45) is 0 Å². The second kappa shape index (κ2) is 8.77. The lowest BCUT2D eigenvalue weighted by atomic mass is 10.2. The molecule has 2 aromatic heterocycles. The molecule has 1 amide bonds. The van der Waals surface area contributed by atoms with E-state index < -0.39 is 10.0 Å². The minimum atomic E-state index is -3.76. The summed E-state index contributed by atoms with van der Waals surface area (Å²) in [4.78, 5) is 19.5. The minimum absolute atomic E-state index is 0.0801. The Morgan fingerprint density at radius 3 is 2.81 bits per heavy atom. The number of nitrogens with one attached hydrogen (secondary N) is 1. The molecule has 1 aromatic carbocycles. The van der Waals surface area contributed by atoms with Gasteiger partial charge in [0, 0.05) is 24.5 Å². The summed E-state index contributed by atoms with van der Waals surface area (Å²) < 4.78 is 38.6. The van der Waals surface area contributed by atoms with Crippen molar-refractivity contribution in [3.63, 3.8) is 0 Å². The summed E-state index contributed by atoms with van der Waals surface area (Å²) in [6.45, 7) is 3.19. The summed E-state index contributed by atoms with van der Waals surface area (Å²) in [5.74, 6) is 0.479. The number of hydrogen-bond donors (Lipinski definition) is 1. The summed E-state index contributed by atoms with van der Waals surface area (Å²) in [6.07, 6.45) is 1.92. The Bertz CT molecular complexity index is 1200. The maximum atomic E-state index is 12.9. The molecule has 3 aromatic rings. The monoisotopic (exact) mass is 462 g/mol. The number of ether oxygens (including phenoxy) is 1. The van der Waals surface area contributed by atoms with Gasteiger partial charge >= 0.3 is 11.8 Å². The highest BCUT2D eigenvalue weighted by Gasteiger charge is 2.27. The number of sulfonamides is 1. The van der Waals surface area contributed by atoms with Crippen LogP contribution in [0, 0.1) is 6.92 Å². The van der Waals surface area contributed by atoms with E-state index in [1.54, 1.807) is 37.1 Å². The van der Waals surface area contributed by atoms with Gasteiger partial charge in [-0.05, 0) is 43.5 Å². The predicted molar refractivity (Wildman–Crippen MR) is 115 cm³/mol. The molecule has 1 fully saturated rings. The van der Waals surface area contributed by atoms with Crippen molar-refractivity contribution in [1.82, 2.24) is 19.8 Å². The molecule has 0 unspecified atom stereocenters. The first-order chi connectivity index (χ1) is 14.9. The van der Waals surface area contributed by atoms with E-state index in [0.29, 0.717) is 28.6 Å². The molecule has 31 heavy (non-hydrogen) atoms. The number of thiophene rings is 1. The number of benzene rings is 1. The first-order valence-corrected chi connectivity index (χ1v) is 12.0. The molecule has 0 spiro atoms. The zero-order valence-electron chi connectivity index (χ0n) is 17.1. The van der Waals surface area contributed by atoms with Gasteiger partial charge in [-0.15, -0.1) is 11.3 Å². The smallest absolute Gasteiger partial charge is 0.316 e. The van der Waals surface area contributed by atoms with E-state index in [0.717, 1.165) is 18.4 Å². The molecular formula is C20H22N4O5S2. The predicted octanol–water partition coefficient (Wildman–Crippen LogP) is 2.83. The average Bonchev–Trinajstić information content (AvgIpc) is 3.52. The molecular weight excluding hydrogens is 440 g/mol. The van der Waals surface area contributed by atoms with Gasteiger partial charge in [-0.25, -0.2) is 13.1 Å². The SMILES string of the molecule is COc1cccc(CNS(=O)(=O)c2cc(-c3noc(C(=O)N4CCCC4)n3)sc2C)c1. The Labute approximate surface area is 184 Å². The van der Waals surface area contributed by atoms with Crippen LogP contribution in [-0.2, 0) is 16.6 Å². The molecule has 0 aliphatic carbocycles. The van der Waals surface area contributed by atoms with Crippen LogP contribution in [0.25, 0.3) is 10.7 Å². The first kappa shape index (κ1) is 21.5. The van der Waals surface area contributed by atoms with Crippen LogP contribution < -0.4 is 9.46 Å². The quantitative estimate of drug-likeness (QED) is 0.574. The zero-order chi connectivity index (χ0) is 22.0. The molecule has 1 aliphatic rings. The molecule has 3 heterocycles. The maximum absolute atomic E-state index is 12.9. The standard InChI is InChI=1S/C20H22N4O5S2/c1-13-17(31(26,27)21-12-14-6-5-7-15(10-14)28-2)11-16(30-13)18-22-19(29-23-18)20(25)24-8-3-4-9-24/h5-7,10-11,21H,3-4,8-9,12H2,1-2H3. The van der Waals surface area contributed by atoms with Crippen LogP contribution >= 0.6 is 11.3 Å². The van der Waals surface area contributed by atoms with Crippen molar-refractivity contribution in [3.8, 4) is 16.5 Å². The van der Waals surface area contributed by atoms with Gasteiger partial charge in [-0.3, -0.25) is 4.79 Å². The van der Waals surface area contributed by atoms with E-state index in [-0.39, 0.29) is 29.1 Å². The van der Waals surface area contributed by atoms with Gasteiger partial charge in [0.2, 0.25) is 15.8 Å². The number of amides is 1. The number of carbonyl (C=O) groups excluding carboxylic acids is 1. The van der Waals surface area contributed by atoms with Crippen molar-refractivity contribution in [2.75, 3.05) is 20.2 Å². The number of nitrogens with zero attached hydrogens (tertiary/aromatic N) is 3. The van der Waals surface area contributed by atoms with Crippen molar-refractivity contribution in [3.05, 3.63) is 46.7 Å². The fraction of sp³-hybridized carbons (Fsp3) is 0.350. The molecule has 0 radical (unpaired) electrons. The molecule has 1 N–H and O–H groups in total. The highest BCUT2D eigenvalue weighted by Crippen LogP contribution is 2.32. The highest BCUT2D eigenvalue weighted by atomic mass is 32.2. The third-order valence-corrected chi connectivity index (χ3v) is 7.69. The van der Waals surface area contributed by atoms with E-state index in [9.17, 15) is 13.2 Å². The summed E-state index contributed by atoms with van der Waals surface area (Å²) in [6, 6.07) is 8.68. The lowest BCUT2D eigenvalue weighted by Crippen LogP contribution is -2.27. The van der Waals surface area contributed by atoms with Crippen molar-refractivity contribution >= 4 is 27.3 Å². The van der Waals surface area contributed by atoms with E-state index in [1.807, 2.05) is 6.07 Å². The van der Waals surface area contributed by atoms with Gasteiger partial charge in [0.25, 0.3) is 0 Å². The number of carbonyl (C=O) groups is 1. The Kier molecular flexibility index (Phi) is 6.08. The van der Waals surface area contributed by atoms with Crippen molar-refractivity contribution in [2.45, 2.75) is 31.2 Å². The van der Waals surface area contributed by atoms with E-state index in [1.165, 1.54) is 17.4 Å². The van der Waals surface area contributed by atoms with Gasteiger partial charge in [0.05, 0.1) is 16.9 Å². The fourth-order valence-corrected chi connectivity index (χ4v) is 5.88. The molecule has 1 saturated heterocycles. The number of aromatic nitrogens is 2. The average molecular weight is 463 g/mol. The normalized spacial score (nSPS) is 14.2. The van der Waals surface area contributed by atoms with Crippen LogP contribution in [-0.4, -0.2) is 49.6 Å². The topological polar surface area (TPSA) is 115 Å². The molecule has 164 valence electrons. The Morgan fingerprint density at radius 1 is 1.29 bits per heavy atom. The van der Waals surface area contributed by atoms with Gasteiger partial charge in [-0.1, -0.05) is 17.3 Å². The summed E-state index contributed by atoms with van der Waals surface area (Å²) in [7, 11) is -2.20. The van der Waals surface area contributed by atoms with Crippen LogP contribution in [0.4, 0.5) is 0 Å². The van der Waals surface area contributed by atoms with Crippen molar-refractivity contribution in [1.29, 1.82) is 0 Å². The summed E-state index contributed by atoms with van der Waals surface area (Å²) in [5, 5.41) is 3.88.